The van der Waals surface area contributed by atoms with Crippen LogP contribution in [0.4, 0.5) is 5.69 Å². The second-order valence-corrected chi connectivity index (χ2v) is 6.34. The molecule has 0 unspecified atom stereocenters. The van der Waals surface area contributed by atoms with E-state index >= 15 is 0 Å². The number of amides is 1. The van der Waals surface area contributed by atoms with E-state index in [0.717, 1.165) is 14.7 Å². The molecule has 0 aliphatic carbocycles. The number of nitrogens with one attached hydrogen (secondary N) is 1. The Hall–Kier alpha value is -2.33. The quantitative estimate of drug-likeness (QED) is 0.429. The van der Waals surface area contributed by atoms with Crippen molar-refractivity contribution < 1.29 is 9.53 Å². The molecule has 1 N–H and O–H groups in total. The summed E-state index contributed by atoms with van der Waals surface area (Å²) < 4.78 is 6.47. The van der Waals surface area contributed by atoms with E-state index in [4.69, 9.17) is 4.74 Å². The first-order valence-corrected chi connectivity index (χ1v) is 8.53. The first-order valence-electron chi connectivity index (χ1n) is 7.45. The molecule has 122 valence electrons. The number of aryl methyl sites for hydroxylation is 1. The Kier molecular flexibility index (Phi) is 6.38. The summed E-state index contributed by atoms with van der Waals surface area (Å²) in [5, 5.41) is 12.1. The molecule has 1 amide bonds. The fraction of sp³-hybridized carbons (Fsp3) is 0.158. The normalized spacial score (nSPS) is 10.8. The molecule has 0 bridgehead atoms. The molecule has 0 radical (unpaired) electrons. The van der Waals surface area contributed by atoms with Crippen molar-refractivity contribution in [3.05, 3.63) is 62.7 Å². The Morgan fingerprint density at radius 3 is 2.75 bits per heavy atom. The highest BCUT2D eigenvalue weighted by Gasteiger charge is 2.11. The van der Waals surface area contributed by atoms with E-state index < -0.39 is 5.91 Å². The predicted molar refractivity (Wildman–Crippen MR) is 104 cm³/mol. The fourth-order valence-electron chi connectivity index (χ4n) is 2.14. The number of carbonyl (C=O) groups excluding carboxylic acids is 1. The third-order valence-corrected chi connectivity index (χ3v) is 3.90. The minimum absolute atomic E-state index is 0.0442. The first-order chi connectivity index (χ1) is 11.5. The van der Waals surface area contributed by atoms with Crippen LogP contribution in [-0.4, -0.2) is 12.5 Å². The Labute approximate surface area is 155 Å². The molecule has 0 saturated carbocycles. The summed E-state index contributed by atoms with van der Waals surface area (Å²) in [6.07, 6.45) is 1.57. The van der Waals surface area contributed by atoms with Crippen molar-refractivity contribution in [2.75, 3.05) is 11.9 Å². The molecule has 24 heavy (non-hydrogen) atoms. The molecule has 0 atom stereocenters. The van der Waals surface area contributed by atoms with Crippen molar-refractivity contribution in [2.24, 2.45) is 0 Å². The van der Waals surface area contributed by atoms with Crippen molar-refractivity contribution in [3.8, 4) is 11.8 Å². The van der Waals surface area contributed by atoms with Crippen LogP contribution in [0.1, 0.15) is 18.1 Å². The number of nitriles is 1. The molecule has 2 rings (SSSR count). The average Bonchev–Trinajstić information content (AvgIpc) is 2.54. The lowest BCUT2D eigenvalue weighted by Crippen LogP contribution is -2.14. The van der Waals surface area contributed by atoms with Gasteiger partial charge in [0.05, 0.1) is 6.61 Å². The van der Waals surface area contributed by atoms with E-state index in [1.807, 2.05) is 56.3 Å². The van der Waals surface area contributed by atoms with Crippen LogP contribution in [0, 0.1) is 21.8 Å². The summed E-state index contributed by atoms with van der Waals surface area (Å²) >= 11 is 2.18. The maximum atomic E-state index is 12.4. The summed E-state index contributed by atoms with van der Waals surface area (Å²) in [6, 6.07) is 15.0. The van der Waals surface area contributed by atoms with Crippen LogP contribution in [0.15, 0.2) is 48.0 Å². The van der Waals surface area contributed by atoms with E-state index in [1.165, 1.54) is 0 Å². The number of hydrogen-bond donors (Lipinski definition) is 1. The third kappa shape index (κ3) is 4.83. The number of carbonyl (C=O) groups is 1. The van der Waals surface area contributed by atoms with Gasteiger partial charge in [-0.2, -0.15) is 5.26 Å². The zero-order chi connectivity index (χ0) is 17.5. The van der Waals surface area contributed by atoms with Gasteiger partial charge in [0.15, 0.2) is 0 Å². The fourth-order valence-corrected chi connectivity index (χ4v) is 2.80. The lowest BCUT2D eigenvalue weighted by atomic mass is 10.1. The van der Waals surface area contributed by atoms with Gasteiger partial charge in [-0.25, -0.2) is 0 Å². The van der Waals surface area contributed by atoms with Crippen LogP contribution in [0.2, 0.25) is 0 Å². The monoisotopic (exact) mass is 432 g/mol. The maximum absolute atomic E-state index is 12.4. The molecule has 0 heterocycles. The van der Waals surface area contributed by atoms with Crippen molar-refractivity contribution in [1.82, 2.24) is 0 Å². The van der Waals surface area contributed by atoms with E-state index in [1.54, 1.807) is 12.1 Å². The number of hydrogen-bond acceptors (Lipinski definition) is 3. The Morgan fingerprint density at radius 2 is 2.08 bits per heavy atom. The molecule has 0 saturated heterocycles. The highest BCUT2D eigenvalue weighted by Crippen LogP contribution is 2.21. The summed E-state index contributed by atoms with van der Waals surface area (Å²) in [5.74, 6) is 0.288. The van der Waals surface area contributed by atoms with Crippen molar-refractivity contribution in [2.45, 2.75) is 13.8 Å². The minimum atomic E-state index is -0.427. The first kappa shape index (κ1) is 18.0. The summed E-state index contributed by atoms with van der Waals surface area (Å²) in [6.45, 7) is 4.37. The largest absolute Gasteiger partial charge is 0.494 e. The Bertz CT molecular complexity index is 822. The van der Waals surface area contributed by atoms with Crippen LogP contribution in [0.5, 0.6) is 5.75 Å². The molecule has 0 aliphatic heterocycles. The number of rotatable bonds is 5. The van der Waals surface area contributed by atoms with Crippen LogP contribution in [0.25, 0.3) is 6.08 Å². The second kappa shape index (κ2) is 8.50. The van der Waals surface area contributed by atoms with Crippen molar-refractivity contribution >= 4 is 40.3 Å². The number of nitrogens with zero attached hydrogens (tertiary/aromatic N) is 1. The predicted octanol–water partition coefficient (Wildman–Crippen LogP) is 4.54. The Morgan fingerprint density at radius 1 is 1.33 bits per heavy atom. The van der Waals surface area contributed by atoms with Gasteiger partial charge in [-0.3, -0.25) is 4.79 Å². The van der Waals surface area contributed by atoms with Crippen LogP contribution in [0.3, 0.4) is 0 Å². The van der Waals surface area contributed by atoms with E-state index in [-0.39, 0.29) is 5.57 Å². The maximum Gasteiger partial charge on any atom is 0.266 e. The number of ether oxygens (including phenoxy) is 1. The molecular formula is C19H17IN2O2. The van der Waals surface area contributed by atoms with Crippen LogP contribution < -0.4 is 10.1 Å². The van der Waals surface area contributed by atoms with Gasteiger partial charge >= 0.3 is 0 Å². The van der Waals surface area contributed by atoms with Gasteiger partial charge < -0.3 is 10.1 Å². The van der Waals surface area contributed by atoms with E-state index in [2.05, 4.69) is 27.9 Å². The van der Waals surface area contributed by atoms with Crippen LogP contribution in [-0.2, 0) is 4.79 Å². The summed E-state index contributed by atoms with van der Waals surface area (Å²) in [7, 11) is 0. The summed E-state index contributed by atoms with van der Waals surface area (Å²) in [5.41, 5.74) is 2.43. The van der Waals surface area contributed by atoms with Crippen LogP contribution >= 0.6 is 22.6 Å². The van der Waals surface area contributed by atoms with Gasteiger partial charge in [0.25, 0.3) is 5.91 Å². The summed E-state index contributed by atoms with van der Waals surface area (Å²) in [4.78, 5) is 12.4. The topological polar surface area (TPSA) is 62.1 Å². The standard InChI is InChI=1S/C19H17IN2O2/c1-3-24-17-10-14(9-16(20)11-17)8-15(12-21)19(23)22-18-7-5-4-6-13(18)2/h4-11H,3H2,1-2H3,(H,22,23)/b15-8+. The van der Waals surface area contributed by atoms with Gasteiger partial charge in [-0.1, -0.05) is 18.2 Å². The van der Waals surface area contributed by atoms with E-state index in [0.29, 0.717) is 18.0 Å². The number of anilines is 1. The van der Waals surface area contributed by atoms with Crippen molar-refractivity contribution in [1.29, 1.82) is 5.26 Å². The lowest BCUT2D eigenvalue weighted by Gasteiger charge is -2.08. The molecule has 2 aromatic rings. The van der Waals surface area contributed by atoms with Gasteiger partial charge in [0.2, 0.25) is 0 Å². The van der Waals surface area contributed by atoms with E-state index in [9.17, 15) is 10.1 Å². The van der Waals surface area contributed by atoms with Gasteiger partial charge in [0.1, 0.15) is 17.4 Å². The molecule has 2 aromatic carbocycles. The molecule has 0 aromatic heterocycles. The molecule has 5 heteroatoms. The second-order valence-electron chi connectivity index (χ2n) is 5.09. The van der Waals surface area contributed by atoms with Gasteiger partial charge in [-0.05, 0) is 77.9 Å². The van der Waals surface area contributed by atoms with Gasteiger partial charge in [-0.15, -0.1) is 0 Å². The highest BCUT2D eigenvalue weighted by atomic mass is 127. The highest BCUT2D eigenvalue weighted by molar-refractivity contribution is 14.1. The molecule has 4 nitrogen and oxygen atoms in total. The SMILES string of the molecule is CCOc1cc(I)cc(/C=C(\C#N)C(=O)Nc2ccccc2C)c1. The number of para-hydroxylation sites is 1. The number of benzene rings is 2. The molecule has 0 spiro atoms. The molecule has 0 fully saturated rings. The zero-order valence-electron chi connectivity index (χ0n) is 13.5. The molecule has 0 aliphatic rings. The third-order valence-electron chi connectivity index (χ3n) is 3.27. The number of halogens is 1. The molecular weight excluding hydrogens is 415 g/mol. The Balaban J connectivity index is 2.27. The smallest absolute Gasteiger partial charge is 0.266 e. The zero-order valence-corrected chi connectivity index (χ0v) is 15.6. The van der Waals surface area contributed by atoms with Crippen molar-refractivity contribution in [3.63, 3.8) is 0 Å². The van der Waals surface area contributed by atoms with Gasteiger partial charge in [0, 0.05) is 9.26 Å². The minimum Gasteiger partial charge on any atom is -0.494 e. The average molecular weight is 432 g/mol. The lowest BCUT2D eigenvalue weighted by molar-refractivity contribution is -0.112.